The first-order valence-electron chi connectivity index (χ1n) is 19.1. The van der Waals surface area contributed by atoms with Crippen molar-refractivity contribution in [2.45, 2.75) is 18.9 Å². The van der Waals surface area contributed by atoms with Crippen molar-refractivity contribution >= 4 is 34.2 Å². The summed E-state index contributed by atoms with van der Waals surface area (Å²) < 4.78 is 69.5. The van der Waals surface area contributed by atoms with Crippen LogP contribution in [0.5, 0.6) is 23.0 Å². The van der Waals surface area contributed by atoms with Crippen LogP contribution < -0.4 is 4.74 Å². The first kappa shape index (κ1) is 39.1. The summed E-state index contributed by atoms with van der Waals surface area (Å²) in [6, 6.07) is 26.4. The summed E-state index contributed by atoms with van der Waals surface area (Å²) in [5.41, 5.74) is 4.82. The third-order valence-corrected chi connectivity index (χ3v) is 10.6. The van der Waals surface area contributed by atoms with Crippen molar-refractivity contribution in [2.75, 3.05) is 13.2 Å². The molecule has 4 aromatic carbocycles. The summed E-state index contributed by atoms with van der Waals surface area (Å²) in [7, 11) is 0. The number of H-pyrrole nitrogens is 2. The molecule has 306 valence electrons. The number of phenolic OH excluding ortho intramolecular Hbond substituents is 3. The van der Waals surface area contributed by atoms with E-state index in [4.69, 9.17) is 19.8 Å². The van der Waals surface area contributed by atoms with E-state index in [1.165, 1.54) is 36.4 Å². The molecule has 9 rings (SSSR count). The van der Waals surface area contributed by atoms with Gasteiger partial charge in [-0.05, 0) is 102 Å². The zero-order chi connectivity index (χ0) is 42.5. The smallest absolute Gasteiger partial charge is 0.204 e. The van der Waals surface area contributed by atoms with Crippen molar-refractivity contribution in [3.63, 3.8) is 0 Å². The van der Waals surface area contributed by atoms with Crippen LogP contribution in [0.25, 0.3) is 78.7 Å². The van der Waals surface area contributed by atoms with Gasteiger partial charge in [-0.25, -0.2) is 13.8 Å². The van der Waals surface area contributed by atoms with E-state index in [0.29, 0.717) is 74.2 Å². The number of nitrogens with one attached hydrogen (secondary N) is 2. The highest BCUT2D eigenvalue weighted by molar-refractivity contribution is 5.97. The Bertz CT molecular complexity index is 3080. The summed E-state index contributed by atoms with van der Waals surface area (Å²) >= 11 is 0. The van der Waals surface area contributed by atoms with E-state index in [1.54, 1.807) is 60.7 Å². The molecule has 2 aliphatic heterocycles. The van der Waals surface area contributed by atoms with Gasteiger partial charge in [0.25, 0.3) is 0 Å². The Balaban J connectivity index is 1.45. The number of aromatic amines is 2. The van der Waals surface area contributed by atoms with Gasteiger partial charge in [0.05, 0.1) is 34.9 Å². The number of benzene rings is 4. The number of aliphatic hydroxyl groups is 2. The van der Waals surface area contributed by atoms with Crippen molar-refractivity contribution < 1.29 is 47.8 Å². The van der Waals surface area contributed by atoms with Gasteiger partial charge in [0, 0.05) is 44.3 Å². The molecule has 1 atom stereocenters. The molecule has 8 bridgehead atoms. The molecule has 0 saturated heterocycles. The quantitative estimate of drug-likeness (QED) is 0.0588. The molecule has 0 saturated carbocycles. The van der Waals surface area contributed by atoms with Gasteiger partial charge in [-0.3, -0.25) is 4.98 Å². The molecule has 3 aromatic heterocycles. The molecular formula is C47H34F4N4O6. The number of rotatable bonds is 8. The van der Waals surface area contributed by atoms with Crippen molar-refractivity contribution in [1.82, 2.24) is 19.9 Å². The van der Waals surface area contributed by atoms with Gasteiger partial charge < -0.3 is 40.2 Å². The molecule has 5 heterocycles. The first-order valence-corrected chi connectivity index (χ1v) is 19.1. The van der Waals surface area contributed by atoms with Crippen molar-refractivity contribution in [3.8, 4) is 67.5 Å². The molecule has 10 nitrogen and oxygen atoms in total. The number of aromatic nitrogens is 4. The third kappa shape index (κ3) is 7.11. The van der Waals surface area contributed by atoms with Crippen molar-refractivity contribution in [2.24, 2.45) is 0 Å². The minimum atomic E-state index is -1.88. The number of ether oxygens (including phenoxy) is 1. The normalized spacial score (nSPS) is 12.8. The Labute approximate surface area is 344 Å². The van der Waals surface area contributed by atoms with Gasteiger partial charge in [-0.1, -0.05) is 36.4 Å². The largest absolute Gasteiger partial charge is 0.508 e. The minimum absolute atomic E-state index is 0.00115. The number of halogens is 4. The van der Waals surface area contributed by atoms with E-state index < -0.39 is 53.9 Å². The monoisotopic (exact) mass is 826 g/mol. The van der Waals surface area contributed by atoms with Crippen LogP contribution in [0, 0.1) is 23.3 Å². The third-order valence-electron chi connectivity index (χ3n) is 10.6. The van der Waals surface area contributed by atoms with Crippen LogP contribution in [-0.2, 0) is 12.8 Å². The van der Waals surface area contributed by atoms with Crippen LogP contribution in [0.1, 0.15) is 22.8 Å². The Kier molecular flexibility index (Phi) is 10.0. The lowest BCUT2D eigenvalue weighted by atomic mass is 10.0. The molecule has 0 radical (unpaired) electrons. The van der Waals surface area contributed by atoms with Gasteiger partial charge >= 0.3 is 0 Å². The highest BCUT2D eigenvalue weighted by atomic mass is 19.2. The fourth-order valence-electron chi connectivity index (χ4n) is 7.86. The van der Waals surface area contributed by atoms with Crippen molar-refractivity contribution in [1.29, 1.82) is 0 Å². The summed E-state index contributed by atoms with van der Waals surface area (Å²) in [4.78, 5) is 16.7. The number of fused-ring (bicyclic) bond motifs is 8. The molecule has 7 N–H and O–H groups in total. The van der Waals surface area contributed by atoms with E-state index >= 15 is 17.6 Å². The van der Waals surface area contributed by atoms with Gasteiger partial charge in [-0.2, -0.15) is 8.78 Å². The molecule has 0 aliphatic carbocycles. The zero-order valence-electron chi connectivity index (χ0n) is 31.8. The fourth-order valence-corrected chi connectivity index (χ4v) is 7.86. The molecule has 1 unspecified atom stereocenters. The number of aryl methyl sites for hydroxylation is 2. The van der Waals surface area contributed by atoms with Gasteiger partial charge in [-0.15, -0.1) is 0 Å². The SMILES string of the molecule is OCC(O)COc1c(F)c(F)c(-c2c3nc(c(-c4cccc(O)c4)c4ccc([nH]4)c(-c4cccc(O)c4)c4nc(c(-c5cccc(O)c5)c5ccc2[nH]5)CC4)C=C3)c(F)c1F. The average molecular weight is 827 g/mol. The summed E-state index contributed by atoms with van der Waals surface area (Å²) in [6.45, 7) is -1.69. The predicted molar refractivity (Wildman–Crippen MR) is 222 cm³/mol. The van der Waals surface area contributed by atoms with Crippen LogP contribution in [0.3, 0.4) is 0 Å². The standard InChI is InChI=1S/C47H34F4N4O6/c48-43-42(44(49)46(51)47(45(43)50)61-22-29(60)21-56)41-36-16-14-34(54-36)39(24-5-2-8-27(58)19-24)32-12-10-30(52-32)38(23-4-1-7-26(57)18-23)31-11-13-33(53-31)40(35-15-17-37(41)55-35)25-6-3-9-28(59)20-25/h1-10,12,14-20,29,52,55-60H,11,13,21-22H2. The molecule has 61 heavy (non-hydrogen) atoms. The van der Waals surface area contributed by atoms with Gasteiger partial charge in [0.2, 0.25) is 11.6 Å². The zero-order valence-corrected chi connectivity index (χ0v) is 31.8. The summed E-state index contributed by atoms with van der Waals surface area (Å²) in [6.07, 6.45) is 2.27. The maximum absolute atomic E-state index is 16.5. The van der Waals surface area contributed by atoms with Crippen LogP contribution in [-0.4, -0.2) is 64.8 Å². The van der Waals surface area contributed by atoms with E-state index in [2.05, 4.69) is 9.97 Å². The molecule has 0 amide bonds. The van der Waals surface area contributed by atoms with E-state index in [1.807, 2.05) is 12.1 Å². The maximum Gasteiger partial charge on any atom is 0.204 e. The molecule has 7 aromatic rings. The van der Waals surface area contributed by atoms with Gasteiger partial charge in [0.1, 0.15) is 30.0 Å². The maximum atomic E-state index is 16.5. The van der Waals surface area contributed by atoms with Crippen LogP contribution in [0.15, 0.2) is 97.1 Å². The number of hydrogen-bond acceptors (Lipinski definition) is 8. The Hall–Kier alpha value is -7.42. The summed E-state index contributed by atoms with van der Waals surface area (Å²) in [5, 5.41) is 50.7. The van der Waals surface area contributed by atoms with Crippen molar-refractivity contribution in [3.05, 3.63) is 143 Å². The van der Waals surface area contributed by atoms with Crippen LogP contribution >= 0.6 is 0 Å². The van der Waals surface area contributed by atoms with E-state index in [-0.39, 0.29) is 39.7 Å². The predicted octanol–water partition coefficient (Wildman–Crippen LogP) is 9.34. The lowest BCUT2D eigenvalue weighted by Gasteiger charge is -2.15. The molecule has 2 aliphatic rings. The highest BCUT2D eigenvalue weighted by Crippen LogP contribution is 2.42. The number of nitrogens with zero attached hydrogens (tertiary/aromatic N) is 2. The average Bonchev–Trinajstić information content (AvgIpc) is 4.09. The van der Waals surface area contributed by atoms with Crippen LogP contribution in [0.4, 0.5) is 17.6 Å². The first-order chi connectivity index (χ1) is 29.5. The topological polar surface area (TPSA) is 168 Å². The number of aliphatic hydroxyl groups excluding tert-OH is 2. The van der Waals surface area contributed by atoms with Crippen LogP contribution in [0.2, 0.25) is 0 Å². The molecule has 0 fully saturated rings. The van der Waals surface area contributed by atoms with E-state index in [9.17, 15) is 20.4 Å². The Morgan fingerprint density at radius 1 is 0.541 bits per heavy atom. The molecular weight excluding hydrogens is 793 g/mol. The highest BCUT2D eigenvalue weighted by Gasteiger charge is 2.31. The molecule has 0 spiro atoms. The lowest BCUT2D eigenvalue weighted by Crippen LogP contribution is -2.22. The van der Waals surface area contributed by atoms with Gasteiger partial charge in [0.15, 0.2) is 17.4 Å². The second-order valence-electron chi connectivity index (χ2n) is 14.6. The second kappa shape index (κ2) is 15.6. The number of aromatic hydroxyl groups is 3. The van der Waals surface area contributed by atoms with E-state index in [0.717, 1.165) is 0 Å². The minimum Gasteiger partial charge on any atom is -0.508 e. The Morgan fingerprint density at radius 3 is 1.43 bits per heavy atom. The molecule has 14 heteroatoms. The Morgan fingerprint density at radius 2 is 0.967 bits per heavy atom. The lowest BCUT2D eigenvalue weighted by molar-refractivity contribution is 0.0504. The number of phenols is 3. The fraction of sp³-hybridized carbons (Fsp3) is 0.106. The second-order valence-corrected chi connectivity index (χ2v) is 14.6. The summed E-state index contributed by atoms with van der Waals surface area (Å²) in [5.74, 6) is -8.85. The number of hydrogen-bond donors (Lipinski definition) is 7.